The number of phenolic OH excluding ortho intramolecular Hbond substituents is 1. The summed E-state index contributed by atoms with van der Waals surface area (Å²) >= 11 is 0. The molecule has 2 heteroatoms. The van der Waals surface area contributed by atoms with E-state index in [9.17, 15) is 5.11 Å². The molecule has 0 spiro atoms. The van der Waals surface area contributed by atoms with Crippen LogP contribution in [0, 0.1) is 5.92 Å². The molecular formula is C23H29NO. The highest BCUT2D eigenvalue weighted by Crippen LogP contribution is 2.51. The minimum atomic E-state index is 0.255. The lowest BCUT2D eigenvalue weighted by molar-refractivity contribution is -0.00242. The minimum Gasteiger partial charge on any atom is -0.508 e. The molecule has 0 amide bonds. The SMILES string of the molecule is CC1C2CCCC1(c1cccc(O)c1)CCN2CCc1ccccc1. The van der Waals surface area contributed by atoms with E-state index >= 15 is 0 Å². The fourth-order valence-electron chi connectivity index (χ4n) is 5.40. The van der Waals surface area contributed by atoms with Gasteiger partial charge in [0.15, 0.2) is 0 Å². The van der Waals surface area contributed by atoms with Crippen molar-refractivity contribution in [1.29, 1.82) is 0 Å². The monoisotopic (exact) mass is 335 g/mol. The molecule has 4 rings (SSSR count). The third kappa shape index (κ3) is 3.08. The van der Waals surface area contributed by atoms with Crippen LogP contribution in [0.3, 0.4) is 0 Å². The quantitative estimate of drug-likeness (QED) is 0.870. The number of hydrogen-bond donors (Lipinski definition) is 1. The second kappa shape index (κ2) is 6.84. The van der Waals surface area contributed by atoms with Crippen molar-refractivity contribution >= 4 is 0 Å². The molecule has 2 aromatic rings. The van der Waals surface area contributed by atoms with E-state index in [2.05, 4.69) is 48.2 Å². The Labute approximate surface area is 151 Å². The summed E-state index contributed by atoms with van der Waals surface area (Å²) < 4.78 is 0. The molecule has 1 saturated heterocycles. The Kier molecular flexibility index (Phi) is 4.56. The van der Waals surface area contributed by atoms with Gasteiger partial charge in [-0.3, -0.25) is 4.90 Å². The average Bonchev–Trinajstić information content (AvgIpc) is 2.62. The summed E-state index contributed by atoms with van der Waals surface area (Å²) in [5.74, 6) is 1.06. The summed E-state index contributed by atoms with van der Waals surface area (Å²) in [7, 11) is 0. The van der Waals surface area contributed by atoms with Crippen molar-refractivity contribution in [2.45, 2.75) is 50.5 Å². The van der Waals surface area contributed by atoms with E-state index in [1.165, 1.54) is 43.4 Å². The largest absolute Gasteiger partial charge is 0.508 e. The van der Waals surface area contributed by atoms with Crippen LogP contribution in [0.5, 0.6) is 5.75 Å². The predicted molar refractivity (Wildman–Crippen MR) is 103 cm³/mol. The Morgan fingerprint density at radius 2 is 1.92 bits per heavy atom. The molecule has 2 nitrogen and oxygen atoms in total. The first-order chi connectivity index (χ1) is 12.2. The molecule has 0 radical (unpaired) electrons. The van der Waals surface area contributed by atoms with Crippen LogP contribution < -0.4 is 0 Å². The van der Waals surface area contributed by atoms with Crippen molar-refractivity contribution in [3.05, 3.63) is 65.7 Å². The maximum atomic E-state index is 9.98. The predicted octanol–water partition coefficient (Wildman–Crippen LogP) is 4.77. The zero-order valence-corrected chi connectivity index (χ0v) is 15.2. The topological polar surface area (TPSA) is 23.5 Å². The fraction of sp³-hybridized carbons (Fsp3) is 0.478. The van der Waals surface area contributed by atoms with Gasteiger partial charge in [-0.2, -0.15) is 0 Å². The second-order valence-electron chi connectivity index (χ2n) is 7.98. The normalized spacial score (nSPS) is 29.5. The number of nitrogens with zero attached hydrogens (tertiary/aromatic N) is 1. The van der Waals surface area contributed by atoms with Crippen LogP contribution >= 0.6 is 0 Å². The van der Waals surface area contributed by atoms with Crippen LogP contribution in [0.2, 0.25) is 0 Å². The van der Waals surface area contributed by atoms with E-state index in [4.69, 9.17) is 0 Å². The van der Waals surface area contributed by atoms with Gasteiger partial charge in [0.1, 0.15) is 5.75 Å². The number of likely N-dealkylation sites (tertiary alicyclic amines) is 1. The van der Waals surface area contributed by atoms with Crippen LogP contribution in [0.25, 0.3) is 0 Å². The van der Waals surface area contributed by atoms with E-state index in [1.54, 1.807) is 6.07 Å². The summed E-state index contributed by atoms with van der Waals surface area (Å²) in [6.07, 6.45) is 6.23. The van der Waals surface area contributed by atoms with E-state index in [1.807, 2.05) is 12.1 Å². The van der Waals surface area contributed by atoms with Gasteiger partial charge in [-0.15, -0.1) is 0 Å². The first kappa shape index (κ1) is 16.7. The van der Waals surface area contributed by atoms with Crippen LogP contribution in [-0.2, 0) is 11.8 Å². The van der Waals surface area contributed by atoms with Crippen molar-refractivity contribution in [2.24, 2.45) is 5.92 Å². The van der Waals surface area contributed by atoms with E-state index < -0.39 is 0 Å². The van der Waals surface area contributed by atoms with Gasteiger partial charge in [0.25, 0.3) is 0 Å². The fourth-order valence-corrected chi connectivity index (χ4v) is 5.40. The van der Waals surface area contributed by atoms with Crippen molar-refractivity contribution < 1.29 is 5.11 Å². The van der Waals surface area contributed by atoms with Gasteiger partial charge in [0.2, 0.25) is 0 Å². The number of aromatic hydroxyl groups is 1. The van der Waals surface area contributed by atoms with Gasteiger partial charge in [-0.05, 0) is 61.4 Å². The van der Waals surface area contributed by atoms with Crippen LogP contribution in [0.4, 0.5) is 0 Å². The molecule has 132 valence electrons. The van der Waals surface area contributed by atoms with Gasteiger partial charge < -0.3 is 5.11 Å². The third-order valence-corrected chi connectivity index (χ3v) is 6.84. The molecule has 2 aromatic carbocycles. The third-order valence-electron chi connectivity index (χ3n) is 6.84. The summed E-state index contributed by atoms with van der Waals surface area (Å²) in [5.41, 5.74) is 3.05. The maximum Gasteiger partial charge on any atom is 0.115 e. The first-order valence-electron chi connectivity index (χ1n) is 9.76. The van der Waals surface area contributed by atoms with Crippen molar-refractivity contribution in [2.75, 3.05) is 13.1 Å². The van der Waals surface area contributed by atoms with Gasteiger partial charge in [-0.1, -0.05) is 55.8 Å². The van der Waals surface area contributed by atoms with E-state index in [0.29, 0.717) is 17.7 Å². The lowest BCUT2D eigenvalue weighted by Crippen LogP contribution is -2.58. The number of fused-ring (bicyclic) bond motifs is 2. The number of benzene rings is 2. The Bertz CT molecular complexity index is 713. The van der Waals surface area contributed by atoms with Gasteiger partial charge in [0.05, 0.1) is 0 Å². The summed E-state index contributed by atoms with van der Waals surface area (Å²) in [6.45, 7) is 4.79. The zero-order chi connectivity index (χ0) is 17.3. The Balaban J connectivity index is 1.52. The molecule has 1 aliphatic heterocycles. The van der Waals surface area contributed by atoms with Crippen LogP contribution in [0.1, 0.15) is 43.7 Å². The number of piperidine rings is 1. The summed E-state index contributed by atoms with van der Waals surface area (Å²) in [4.78, 5) is 2.73. The van der Waals surface area contributed by atoms with Crippen LogP contribution in [0.15, 0.2) is 54.6 Å². The maximum absolute atomic E-state index is 9.98. The summed E-state index contributed by atoms with van der Waals surface area (Å²) in [5, 5.41) is 9.98. The molecule has 0 aromatic heterocycles. The lowest BCUT2D eigenvalue weighted by Gasteiger charge is -2.55. The second-order valence-corrected chi connectivity index (χ2v) is 7.98. The van der Waals surface area contributed by atoms with Gasteiger partial charge in [0, 0.05) is 18.0 Å². The molecule has 2 aliphatic rings. The van der Waals surface area contributed by atoms with Crippen molar-refractivity contribution in [3.8, 4) is 5.75 Å². The highest BCUT2D eigenvalue weighted by atomic mass is 16.3. The highest BCUT2D eigenvalue weighted by molar-refractivity contribution is 5.35. The van der Waals surface area contributed by atoms with Crippen LogP contribution in [-0.4, -0.2) is 29.1 Å². The van der Waals surface area contributed by atoms with Gasteiger partial charge >= 0.3 is 0 Å². The summed E-state index contributed by atoms with van der Waals surface area (Å²) in [6, 6.07) is 19.6. The van der Waals surface area contributed by atoms with E-state index in [0.717, 1.165) is 13.0 Å². The molecule has 3 unspecified atom stereocenters. The number of hydrogen-bond acceptors (Lipinski definition) is 2. The van der Waals surface area contributed by atoms with E-state index in [-0.39, 0.29) is 5.41 Å². The first-order valence-corrected chi connectivity index (χ1v) is 9.76. The van der Waals surface area contributed by atoms with Crippen molar-refractivity contribution in [1.82, 2.24) is 4.90 Å². The molecule has 1 heterocycles. The Hall–Kier alpha value is -1.80. The average molecular weight is 335 g/mol. The standard InChI is InChI=1S/C23H29NO/c1-18-22-11-6-13-23(18,20-9-5-10-21(25)17-20)14-16-24(22)15-12-19-7-3-2-4-8-19/h2-5,7-10,17-18,22,25H,6,11-16H2,1H3. The number of rotatable bonds is 4. The number of phenols is 1. The minimum absolute atomic E-state index is 0.255. The molecule has 25 heavy (non-hydrogen) atoms. The smallest absolute Gasteiger partial charge is 0.115 e. The molecule has 1 aliphatic carbocycles. The molecular weight excluding hydrogens is 306 g/mol. The lowest BCUT2D eigenvalue weighted by atomic mass is 9.57. The zero-order valence-electron chi connectivity index (χ0n) is 15.2. The molecule has 1 saturated carbocycles. The Morgan fingerprint density at radius 1 is 1.08 bits per heavy atom. The van der Waals surface area contributed by atoms with Gasteiger partial charge in [-0.25, -0.2) is 0 Å². The Morgan fingerprint density at radius 3 is 2.72 bits per heavy atom. The molecule has 2 bridgehead atoms. The molecule has 1 N–H and O–H groups in total. The molecule has 2 fully saturated rings. The molecule has 3 atom stereocenters. The highest BCUT2D eigenvalue weighted by Gasteiger charge is 2.49. The van der Waals surface area contributed by atoms with Crippen molar-refractivity contribution in [3.63, 3.8) is 0 Å².